The number of aliphatic hydroxyl groups is 1. The number of carboxylic acid groups (broad SMARTS) is 1. The molecule has 1 saturated heterocycles. The molecule has 1 aliphatic rings. The van der Waals surface area contributed by atoms with E-state index in [4.69, 9.17) is 4.74 Å². The number of β-amino-alcohol motifs (C(OH)–C–C–N with tert-alkyl or cyclic N) is 1. The van der Waals surface area contributed by atoms with Gasteiger partial charge in [-0.25, -0.2) is 4.79 Å². The highest BCUT2D eigenvalue weighted by Gasteiger charge is 2.32. The maximum absolute atomic E-state index is 11.7. The summed E-state index contributed by atoms with van der Waals surface area (Å²) >= 11 is 0. The molecule has 6 nitrogen and oxygen atoms in total. The average molecular weight is 244 g/mol. The van der Waals surface area contributed by atoms with E-state index in [0.29, 0.717) is 0 Å². The molecule has 1 heterocycles. The summed E-state index contributed by atoms with van der Waals surface area (Å²) in [6.45, 7) is 5.46. The molecule has 98 valence electrons. The fourth-order valence-electron chi connectivity index (χ4n) is 1.70. The van der Waals surface area contributed by atoms with Crippen LogP contribution in [0.1, 0.15) is 27.2 Å². The molecule has 1 amide bonds. The molecule has 0 spiro atoms. The van der Waals surface area contributed by atoms with Crippen molar-refractivity contribution in [2.75, 3.05) is 13.1 Å². The zero-order valence-corrected chi connectivity index (χ0v) is 10.3. The molecule has 0 aromatic carbocycles. The first-order chi connectivity index (χ1) is 7.70. The van der Waals surface area contributed by atoms with Crippen molar-refractivity contribution in [2.45, 2.75) is 38.9 Å². The lowest BCUT2D eigenvalue weighted by atomic mass is 9.94. The Morgan fingerprint density at radius 1 is 1.41 bits per heavy atom. The van der Waals surface area contributed by atoms with E-state index in [9.17, 15) is 19.8 Å². The van der Waals surface area contributed by atoms with Crippen LogP contribution in [0.4, 0.5) is 4.79 Å². The fraction of sp³-hybridized carbons (Fsp3) is 0.818. The lowest BCUT2D eigenvalue weighted by molar-refractivity contribution is -0.315. The first-order valence-corrected chi connectivity index (χ1v) is 5.57. The van der Waals surface area contributed by atoms with E-state index < -0.39 is 29.7 Å². The topological polar surface area (TPSA) is 89.9 Å². The summed E-state index contributed by atoms with van der Waals surface area (Å²) in [5.41, 5.74) is -0.604. The molecule has 0 aliphatic carbocycles. The Labute approximate surface area is 100 Å². The van der Waals surface area contributed by atoms with Gasteiger partial charge in [-0.1, -0.05) is 0 Å². The highest BCUT2D eigenvalue weighted by atomic mass is 16.6. The SMILES string of the molecule is CC(C)(C)OC(=O)N1CCC(C(=O)[O-])C(O)C1. The summed E-state index contributed by atoms with van der Waals surface area (Å²) in [5, 5.41) is 20.3. The monoisotopic (exact) mass is 244 g/mol. The maximum Gasteiger partial charge on any atom is 0.410 e. The Morgan fingerprint density at radius 2 is 2.00 bits per heavy atom. The van der Waals surface area contributed by atoms with Crippen molar-refractivity contribution in [3.63, 3.8) is 0 Å². The Morgan fingerprint density at radius 3 is 2.41 bits per heavy atom. The van der Waals surface area contributed by atoms with Crippen LogP contribution < -0.4 is 5.11 Å². The Balaban J connectivity index is 2.55. The molecule has 6 heteroatoms. The third-order valence-electron chi connectivity index (χ3n) is 2.54. The molecule has 17 heavy (non-hydrogen) atoms. The van der Waals surface area contributed by atoms with Crippen LogP contribution in [0.15, 0.2) is 0 Å². The quantitative estimate of drug-likeness (QED) is 0.662. The van der Waals surface area contributed by atoms with E-state index in [1.807, 2.05) is 0 Å². The van der Waals surface area contributed by atoms with Gasteiger partial charge < -0.3 is 24.6 Å². The van der Waals surface area contributed by atoms with E-state index in [1.54, 1.807) is 20.8 Å². The number of carbonyl (C=O) groups excluding carboxylic acids is 2. The molecule has 1 fully saturated rings. The second-order valence-electron chi connectivity index (χ2n) is 5.21. The summed E-state index contributed by atoms with van der Waals surface area (Å²) in [4.78, 5) is 23.6. The van der Waals surface area contributed by atoms with E-state index >= 15 is 0 Å². The van der Waals surface area contributed by atoms with Crippen LogP contribution in [0.5, 0.6) is 0 Å². The van der Waals surface area contributed by atoms with Gasteiger partial charge in [-0.2, -0.15) is 0 Å². The van der Waals surface area contributed by atoms with E-state index in [0.717, 1.165) is 0 Å². The second-order valence-corrected chi connectivity index (χ2v) is 5.21. The van der Waals surface area contributed by atoms with Crippen LogP contribution in [-0.4, -0.2) is 46.9 Å². The van der Waals surface area contributed by atoms with E-state index in [-0.39, 0.29) is 19.5 Å². The molecule has 0 saturated carbocycles. The molecular weight excluding hydrogens is 226 g/mol. The molecule has 1 N–H and O–H groups in total. The standard InChI is InChI=1S/C11H19NO5/c1-11(2,3)17-10(16)12-5-4-7(9(14)15)8(13)6-12/h7-8,13H,4-6H2,1-3H3,(H,14,15)/p-1. The van der Waals surface area contributed by atoms with Crippen molar-refractivity contribution in [2.24, 2.45) is 5.92 Å². The number of amides is 1. The van der Waals surface area contributed by atoms with Gasteiger partial charge in [-0.15, -0.1) is 0 Å². The molecule has 0 radical (unpaired) electrons. The van der Waals surface area contributed by atoms with Crippen molar-refractivity contribution >= 4 is 12.1 Å². The highest BCUT2D eigenvalue weighted by Crippen LogP contribution is 2.19. The van der Waals surface area contributed by atoms with Gasteiger partial charge in [0, 0.05) is 18.4 Å². The molecule has 1 rings (SSSR count). The van der Waals surface area contributed by atoms with E-state index in [1.165, 1.54) is 4.90 Å². The normalized spacial score (nSPS) is 25.5. The van der Waals surface area contributed by atoms with Crippen LogP contribution in [0.25, 0.3) is 0 Å². The van der Waals surface area contributed by atoms with Crippen LogP contribution in [0, 0.1) is 5.92 Å². The lowest BCUT2D eigenvalue weighted by Gasteiger charge is -2.36. The van der Waals surface area contributed by atoms with E-state index in [2.05, 4.69) is 0 Å². The van der Waals surface area contributed by atoms with Gasteiger partial charge in [0.1, 0.15) is 5.60 Å². The number of aliphatic carboxylic acids is 1. The first kappa shape index (κ1) is 13.8. The second kappa shape index (κ2) is 4.91. The Bertz CT molecular complexity index is 309. The Kier molecular flexibility index (Phi) is 3.98. The van der Waals surface area contributed by atoms with Crippen LogP contribution >= 0.6 is 0 Å². The number of piperidine rings is 1. The average Bonchev–Trinajstić information content (AvgIpc) is 2.14. The maximum atomic E-state index is 11.7. The first-order valence-electron chi connectivity index (χ1n) is 5.57. The van der Waals surface area contributed by atoms with Crippen LogP contribution in [0.2, 0.25) is 0 Å². The van der Waals surface area contributed by atoms with Crippen molar-refractivity contribution in [3.05, 3.63) is 0 Å². The molecule has 1 aliphatic heterocycles. The number of likely N-dealkylation sites (tertiary alicyclic amines) is 1. The number of ether oxygens (including phenoxy) is 1. The number of hydrogen-bond acceptors (Lipinski definition) is 5. The fourth-order valence-corrected chi connectivity index (χ4v) is 1.70. The predicted octanol–water partition coefficient (Wildman–Crippen LogP) is -0.646. The zero-order chi connectivity index (χ0) is 13.2. The molecular formula is C11H18NO5-. The van der Waals surface area contributed by atoms with Gasteiger partial charge >= 0.3 is 6.09 Å². The lowest BCUT2D eigenvalue weighted by Crippen LogP contribution is -2.52. The van der Waals surface area contributed by atoms with Crippen LogP contribution in [-0.2, 0) is 9.53 Å². The molecule has 0 aromatic heterocycles. The van der Waals surface area contributed by atoms with Crippen molar-refractivity contribution in [1.29, 1.82) is 0 Å². The predicted molar refractivity (Wildman–Crippen MR) is 56.9 cm³/mol. The molecule has 2 unspecified atom stereocenters. The minimum atomic E-state index is -1.28. The number of hydrogen-bond donors (Lipinski definition) is 1. The summed E-state index contributed by atoms with van der Waals surface area (Å²) in [6.07, 6.45) is -1.45. The van der Waals surface area contributed by atoms with Gasteiger partial charge in [-0.3, -0.25) is 0 Å². The highest BCUT2D eigenvalue weighted by molar-refractivity contribution is 5.71. The van der Waals surface area contributed by atoms with Gasteiger partial charge in [0.2, 0.25) is 0 Å². The summed E-state index contributed by atoms with van der Waals surface area (Å²) in [6, 6.07) is 0. The largest absolute Gasteiger partial charge is 0.550 e. The summed E-state index contributed by atoms with van der Waals surface area (Å²) < 4.78 is 5.13. The Hall–Kier alpha value is -1.30. The number of rotatable bonds is 1. The van der Waals surface area contributed by atoms with Crippen molar-refractivity contribution in [1.82, 2.24) is 4.90 Å². The van der Waals surface area contributed by atoms with Gasteiger partial charge in [0.05, 0.1) is 12.6 Å². The molecule has 0 bridgehead atoms. The minimum Gasteiger partial charge on any atom is -0.550 e. The summed E-state index contributed by atoms with van der Waals surface area (Å²) in [7, 11) is 0. The van der Waals surface area contributed by atoms with Crippen molar-refractivity contribution in [3.8, 4) is 0 Å². The number of carboxylic acids is 1. The van der Waals surface area contributed by atoms with Gasteiger partial charge in [-0.05, 0) is 27.2 Å². The smallest absolute Gasteiger partial charge is 0.410 e. The molecule has 2 atom stereocenters. The minimum absolute atomic E-state index is 0.0342. The number of aliphatic hydroxyl groups excluding tert-OH is 1. The van der Waals surface area contributed by atoms with Crippen molar-refractivity contribution < 1.29 is 24.5 Å². The number of carbonyl (C=O) groups is 2. The third-order valence-corrected chi connectivity index (χ3v) is 2.54. The third kappa shape index (κ3) is 3.89. The number of nitrogens with zero attached hydrogens (tertiary/aromatic N) is 1. The van der Waals surface area contributed by atoms with Gasteiger partial charge in [0.25, 0.3) is 0 Å². The summed E-state index contributed by atoms with van der Waals surface area (Å²) in [5.74, 6) is -2.19. The molecule has 0 aromatic rings. The van der Waals surface area contributed by atoms with Crippen LogP contribution in [0.3, 0.4) is 0 Å². The zero-order valence-electron chi connectivity index (χ0n) is 10.3. The van der Waals surface area contributed by atoms with Gasteiger partial charge in [0.15, 0.2) is 0 Å².